The van der Waals surface area contributed by atoms with E-state index in [-0.39, 0.29) is 22.4 Å². The molecule has 3 heterocycles. The van der Waals surface area contributed by atoms with Gasteiger partial charge in [0.25, 0.3) is 0 Å². The number of para-hydroxylation sites is 1. The van der Waals surface area contributed by atoms with Gasteiger partial charge in [0.15, 0.2) is 11.5 Å². The van der Waals surface area contributed by atoms with E-state index in [2.05, 4.69) is 25.3 Å². The molecule has 10 heteroatoms. The third-order valence-corrected chi connectivity index (χ3v) is 3.40. The molecule has 0 atom stereocenters. The van der Waals surface area contributed by atoms with Crippen molar-refractivity contribution in [3.63, 3.8) is 0 Å². The number of H-pyrrole nitrogens is 2. The fourth-order valence-corrected chi connectivity index (χ4v) is 2.39. The summed E-state index contributed by atoms with van der Waals surface area (Å²) in [6.07, 6.45) is -1.62. The molecule has 0 bridgehead atoms. The van der Waals surface area contributed by atoms with Crippen LogP contribution in [0.5, 0.6) is 0 Å². The third-order valence-electron chi connectivity index (χ3n) is 3.40. The Bertz CT molecular complexity index is 1080. The van der Waals surface area contributed by atoms with Crippen LogP contribution in [0.4, 0.5) is 13.2 Å². The van der Waals surface area contributed by atoms with Crippen LogP contribution in [0.2, 0.25) is 0 Å². The fraction of sp³-hybridized carbons (Fsp3) is 0.0769. The van der Waals surface area contributed by atoms with Crippen LogP contribution in [0.25, 0.3) is 27.9 Å². The molecule has 0 radical (unpaired) electrons. The smallest absolute Gasteiger partial charge is 0.305 e. The maximum Gasteiger partial charge on any atom is 0.418 e. The van der Waals surface area contributed by atoms with E-state index in [0.29, 0.717) is 5.56 Å². The normalized spacial score (nSPS) is 12.3. The van der Waals surface area contributed by atoms with Crippen molar-refractivity contribution in [2.75, 3.05) is 0 Å². The van der Waals surface area contributed by atoms with Crippen molar-refractivity contribution in [3.05, 3.63) is 46.6 Å². The molecule has 116 valence electrons. The number of alkyl halides is 3. The van der Waals surface area contributed by atoms with Crippen molar-refractivity contribution in [2.24, 2.45) is 0 Å². The van der Waals surface area contributed by atoms with Crippen LogP contribution in [0.15, 0.2) is 35.4 Å². The molecule has 4 rings (SSSR count). The number of rotatable bonds is 1. The number of benzene rings is 1. The second kappa shape index (κ2) is 4.41. The lowest BCUT2D eigenvalue weighted by atomic mass is 10.1. The van der Waals surface area contributed by atoms with E-state index in [1.54, 1.807) is 0 Å². The number of hydrogen-bond acceptors (Lipinski definition) is 4. The summed E-state index contributed by atoms with van der Waals surface area (Å²) in [5, 5.41) is 10.5. The second-order valence-electron chi connectivity index (χ2n) is 4.81. The van der Waals surface area contributed by atoms with E-state index in [4.69, 9.17) is 0 Å². The van der Waals surface area contributed by atoms with Crippen molar-refractivity contribution >= 4 is 16.6 Å². The number of fused-ring (bicyclic) bond motifs is 3. The Morgan fingerprint density at radius 2 is 2.04 bits per heavy atom. The van der Waals surface area contributed by atoms with Crippen LogP contribution in [-0.2, 0) is 6.18 Å². The molecule has 0 fully saturated rings. The molecule has 0 saturated carbocycles. The Kier molecular flexibility index (Phi) is 2.59. The van der Waals surface area contributed by atoms with E-state index in [1.807, 2.05) is 0 Å². The number of hydrogen-bond donors (Lipinski definition) is 2. The molecule has 4 aromatic rings. The zero-order valence-electron chi connectivity index (χ0n) is 11.2. The van der Waals surface area contributed by atoms with Gasteiger partial charge in [0.1, 0.15) is 0 Å². The molecule has 3 aromatic heterocycles. The van der Waals surface area contributed by atoms with Gasteiger partial charge >= 0.3 is 11.9 Å². The maximum absolute atomic E-state index is 13.1. The molecule has 7 nitrogen and oxygen atoms in total. The molecule has 0 aliphatic carbocycles. The van der Waals surface area contributed by atoms with Gasteiger partial charge in [-0.1, -0.05) is 6.07 Å². The second-order valence-corrected chi connectivity index (χ2v) is 4.81. The molecule has 2 N–H and O–H groups in total. The van der Waals surface area contributed by atoms with Crippen LogP contribution in [0, 0.1) is 0 Å². The maximum atomic E-state index is 13.1. The molecule has 0 unspecified atom stereocenters. The lowest BCUT2D eigenvalue weighted by Crippen LogP contribution is -2.19. The zero-order valence-corrected chi connectivity index (χ0v) is 11.2. The van der Waals surface area contributed by atoms with Gasteiger partial charge in [-0.05, 0) is 12.1 Å². The van der Waals surface area contributed by atoms with Gasteiger partial charge in [-0.25, -0.2) is 9.78 Å². The lowest BCUT2D eigenvalue weighted by Gasteiger charge is -2.09. The first-order valence-corrected chi connectivity index (χ1v) is 6.43. The molecule has 0 amide bonds. The average Bonchev–Trinajstić information content (AvgIpc) is 3.15. The predicted octanol–water partition coefficient (Wildman–Crippen LogP) is 1.98. The topological polar surface area (TPSA) is 91.7 Å². The average molecular weight is 320 g/mol. The summed E-state index contributed by atoms with van der Waals surface area (Å²) in [6.45, 7) is 0. The number of nitrogens with one attached hydrogen (secondary N) is 2. The highest BCUT2D eigenvalue weighted by molar-refractivity contribution is 5.93. The van der Waals surface area contributed by atoms with E-state index >= 15 is 0 Å². The summed E-state index contributed by atoms with van der Waals surface area (Å²) >= 11 is 0. The van der Waals surface area contributed by atoms with Crippen molar-refractivity contribution in [2.45, 2.75) is 6.18 Å². The monoisotopic (exact) mass is 320 g/mol. The summed E-state index contributed by atoms with van der Waals surface area (Å²) in [7, 11) is 0. The Morgan fingerprint density at radius 1 is 1.22 bits per heavy atom. The van der Waals surface area contributed by atoms with Crippen LogP contribution in [0.1, 0.15) is 5.56 Å². The van der Waals surface area contributed by atoms with Gasteiger partial charge in [-0.15, -0.1) is 5.10 Å². The van der Waals surface area contributed by atoms with Gasteiger partial charge in [0, 0.05) is 11.6 Å². The Morgan fingerprint density at radius 3 is 2.74 bits per heavy atom. The summed E-state index contributed by atoms with van der Waals surface area (Å²) in [4.78, 5) is 18.5. The number of halogens is 3. The minimum atomic E-state index is -4.59. The van der Waals surface area contributed by atoms with Gasteiger partial charge in [-0.2, -0.15) is 22.8 Å². The van der Waals surface area contributed by atoms with E-state index in [1.165, 1.54) is 24.5 Å². The molecule has 0 aliphatic heterocycles. The van der Waals surface area contributed by atoms with Gasteiger partial charge in [0.2, 0.25) is 0 Å². The Hall–Kier alpha value is -3.17. The van der Waals surface area contributed by atoms with E-state index in [0.717, 1.165) is 10.6 Å². The largest absolute Gasteiger partial charge is 0.418 e. The van der Waals surface area contributed by atoms with Gasteiger partial charge < -0.3 is 4.98 Å². The van der Waals surface area contributed by atoms with Crippen molar-refractivity contribution in [1.29, 1.82) is 0 Å². The summed E-state index contributed by atoms with van der Waals surface area (Å²) < 4.78 is 40.2. The van der Waals surface area contributed by atoms with Crippen molar-refractivity contribution in [1.82, 2.24) is 29.8 Å². The van der Waals surface area contributed by atoms with Crippen LogP contribution in [0.3, 0.4) is 0 Å². The molecule has 23 heavy (non-hydrogen) atoms. The van der Waals surface area contributed by atoms with Crippen LogP contribution >= 0.6 is 0 Å². The van der Waals surface area contributed by atoms with Crippen molar-refractivity contribution in [3.8, 4) is 11.4 Å². The highest BCUT2D eigenvalue weighted by Crippen LogP contribution is 2.34. The number of nitrogens with zero attached hydrogens (tertiary/aromatic N) is 4. The number of aromatic nitrogens is 6. The van der Waals surface area contributed by atoms with Crippen LogP contribution in [-0.4, -0.2) is 29.8 Å². The summed E-state index contributed by atoms with van der Waals surface area (Å²) in [6, 6.07) is 3.61. The molecule has 0 spiro atoms. The third kappa shape index (κ3) is 1.99. The first-order valence-electron chi connectivity index (χ1n) is 6.43. The standard InChI is InChI=1S/C13H7F3N6O/c14-13(15,16)8-3-1-2-7-9(8)19-12(23)22-11(7)20-10(21-22)6-4-17-18-5-6/h1-5H,(H,17,18)(H,19,23). The molecule has 1 aromatic carbocycles. The lowest BCUT2D eigenvalue weighted by molar-refractivity contribution is -0.136. The number of aromatic amines is 2. The zero-order chi connectivity index (χ0) is 16.2. The van der Waals surface area contributed by atoms with E-state index in [9.17, 15) is 18.0 Å². The van der Waals surface area contributed by atoms with E-state index < -0.39 is 17.4 Å². The molecule has 0 aliphatic rings. The SMILES string of the molecule is O=c1[nH]c2c(C(F)(F)F)cccc2c2nc(-c3cn[nH]c3)nn12. The van der Waals surface area contributed by atoms with Gasteiger partial charge in [0.05, 0.1) is 22.8 Å². The van der Waals surface area contributed by atoms with Gasteiger partial charge in [-0.3, -0.25) is 5.10 Å². The minimum Gasteiger partial charge on any atom is -0.305 e. The predicted molar refractivity (Wildman–Crippen MR) is 73.7 cm³/mol. The Balaban J connectivity index is 2.12. The minimum absolute atomic E-state index is 0.0473. The fourth-order valence-electron chi connectivity index (χ4n) is 2.39. The molecular formula is C13H7F3N6O. The Labute approximate surface area is 124 Å². The first kappa shape index (κ1) is 13.5. The van der Waals surface area contributed by atoms with Crippen molar-refractivity contribution < 1.29 is 13.2 Å². The molecule has 0 saturated heterocycles. The van der Waals surface area contributed by atoms with Crippen LogP contribution < -0.4 is 5.69 Å². The first-order chi connectivity index (χ1) is 10.9. The highest BCUT2D eigenvalue weighted by Gasteiger charge is 2.33. The summed E-state index contributed by atoms with van der Waals surface area (Å²) in [5.74, 6) is 0.189. The quantitative estimate of drug-likeness (QED) is 0.561. The highest BCUT2D eigenvalue weighted by atomic mass is 19.4. The summed E-state index contributed by atoms with van der Waals surface area (Å²) in [5.41, 5.74) is -1.48. The molecular weight excluding hydrogens is 313 g/mol.